The van der Waals surface area contributed by atoms with E-state index in [0.29, 0.717) is 24.7 Å². The van der Waals surface area contributed by atoms with E-state index in [4.69, 9.17) is 4.74 Å². The van der Waals surface area contributed by atoms with Crippen molar-refractivity contribution < 1.29 is 13.2 Å². The Hall–Kier alpha value is -1.44. The van der Waals surface area contributed by atoms with Crippen LogP contribution in [0.5, 0.6) is 0 Å². The average Bonchev–Trinajstić information content (AvgIpc) is 2.90. The number of nitrogens with zero attached hydrogens (tertiary/aromatic N) is 3. The van der Waals surface area contributed by atoms with Crippen LogP contribution in [0.3, 0.4) is 0 Å². The Balaban J connectivity index is 2.02. The van der Waals surface area contributed by atoms with Crippen LogP contribution in [0.4, 0.5) is 0 Å². The molecule has 1 aromatic carbocycles. The van der Waals surface area contributed by atoms with E-state index in [2.05, 4.69) is 5.10 Å². The van der Waals surface area contributed by atoms with Crippen molar-refractivity contribution in [2.45, 2.75) is 37.8 Å². The molecule has 0 spiro atoms. The fourth-order valence-electron chi connectivity index (χ4n) is 2.81. The van der Waals surface area contributed by atoms with Crippen molar-refractivity contribution in [3.05, 3.63) is 24.4 Å². The third kappa shape index (κ3) is 2.53. The van der Waals surface area contributed by atoms with Crippen LogP contribution in [-0.2, 0) is 14.8 Å². The van der Waals surface area contributed by atoms with Crippen molar-refractivity contribution in [2.24, 2.45) is 0 Å². The summed E-state index contributed by atoms with van der Waals surface area (Å²) in [6.07, 6.45) is 1.72. The van der Waals surface area contributed by atoms with Gasteiger partial charge in [-0.05, 0) is 39.0 Å². The van der Waals surface area contributed by atoms with Crippen LogP contribution in [0, 0.1) is 0 Å². The molecule has 0 aliphatic carbocycles. The van der Waals surface area contributed by atoms with E-state index in [1.807, 2.05) is 31.5 Å². The Morgan fingerprint density at radius 3 is 2.82 bits per heavy atom. The first-order valence-corrected chi connectivity index (χ1v) is 8.92. The molecule has 0 unspecified atom stereocenters. The quantitative estimate of drug-likeness (QED) is 0.867. The third-order valence-corrected chi connectivity index (χ3v) is 5.98. The maximum Gasteiger partial charge on any atom is 0.243 e. The topological polar surface area (TPSA) is 64.4 Å². The van der Waals surface area contributed by atoms with E-state index < -0.39 is 10.0 Å². The van der Waals surface area contributed by atoms with Crippen LogP contribution in [0.2, 0.25) is 0 Å². The van der Waals surface area contributed by atoms with Gasteiger partial charge in [0.2, 0.25) is 10.0 Å². The number of rotatable bonds is 3. The first-order chi connectivity index (χ1) is 10.4. The van der Waals surface area contributed by atoms with Crippen LogP contribution < -0.4 is 0 Å². The van der Waals surface area contributed by atoms with E-state index in [1.165, 1.54) is 4.31 Å². The van der Waals surface area contributed by atoms with Crippen molar-refractivity contribution in [3.63, 3.8) is 0 Å². The van der Waals surface area contributed by atoms with Crippen molar-refractivity contribution in [1.82, 2.24) is 14.1 Å². The molecule has 7 heteroatoms. The molecule has 0 radical (unpaired) electrons. The molecule has 22 heavy (non-hydrogen) atoms. The summed E-state index contributed by atoms with van der Waals surface area (Å²) < 4.78 is 34.4. The largest absolute Gasteiger partial charge is 0.378 e. The SMILES string of the molecule is CC(C)n1ncc2cc(S(=O)(=O)N3CCOC[C@H]3C)ccc21. The fourth-order valence-corrected chi connectivity index (χ4v) is 4.44. The maximum atomic E-state index is 12.8. The van der Waals surface area contributed by atoms with Gasteiger partial charge < -0.3 is 4.74 Å². The highest BCUT2D eigenvalue weighted by Gasteiger charge is 2.31. The van der Waals surface area contributed by atoms with E-state index in [0.717, 1.165) is 10.9 Å². The molecule has 1 aliphatic rings. The monoisotopic (exact) mass is 323 g/mol. The molecule has 1 atom stereocenters. The summed E-state index contributed by atoms with van der Waals surface area (Å²) in [6.45, 7) is 7.24. The molecule has 1 aliphatic heterocycles. The Morgan fingerprint density at radius 2 is 2.14 bits per heavy atom. The second kappa shape index (κ2) is 5.64. The molecule has 3 rings (SSSR count). The number of benzene rings is 1. The van der Waals surface area contributed by atoms with Gasteiger partial charge >= 0.3 is 0 Å². The molecule has 120 valence electrons. The lowest BCUT2D eigenvalue weighted by molar-refractivity contribution is 0.0393. The minimum Gasteiger partial charge on any atom is -0.378 e. The molecule has 2 heterocycles. The van der Waals surface area contributed by atoms with E-state index in [-0.39, 0.29) is 12.1 Å². The summed E-state index contributed by atoms with van der Waals surface area (Å²) >= 11 is 0. The zero-order valence-electron chi connectivity index (χ0n) is 13.1. The van der Waals surface area contributed by atoms with E-state index in [9.17, 15) is 8.42 Å². The molecular weight excluding hydrogens is 302 g/mol. The minimum atomic E-state index is -3.50. The highest BCUT2D eigenvalue weighted by molar-refractivity contribution is 7.89. The number of hydrogen-bond acceptors (Lipinski definition) is 4. The lowest BCUT2D eigenvalue weighted by Gasteiger charge is -2.32. The molecule has 1 aromatic heterocycles. The first-order valence-electron chi connectivity index (χ1n) is 7.48. The van der Waals surface area contributed by atoms with Crippen molar-refractivity contribution in [2.75, 3.05) is 19.8 Å². The van der Waals surface area contributed by atoms with Crippen LogP contribution in [0.1, 0.15) is 26.8 Å². The Bertz CT molecular complexity index is 782. The van der Waals surface area contributed by atoms with Gasteiger partial charge in [0.1, 0.15) is 0 Å². The number of fused-ring (bicyclic) bond motifs is 1. The summed E-state index contributed by atoms with van der Waals surface area (Å²) in [5.74, 6) is 0. The highest BCUT2D eigenvalue weighted by Crippen LogP contribution is 2.25. The minimum absolute atomic E-state index is 0.146. The molecule has 2 aromatic rings. The van der Waals surface area contributed by atoms with Gasteiger partial charge in [-0.25, -0.2) is 8.42 Å². The highest BCUT2D eigenvalue weighted by atomic mass is 32.2. The third-order valence-electron chi connectivity index (χ3n) is 3.97. The molecule has 1 saturated heterocycles. The van der Waals surface area contributed by atoms with Gasteiger partial charge in [0.05, 0.1) is 29.8 Å². The second-order valence-electron chi connectivity index (χ2n) is 5.94. The molecule has 0 amide bonds. The lowest BCUT2D eigenvalue weighted by Crippen LogP contribution is -2.46. The normalized spacial score (nSPS) is 20.8. The summed E-state index contributed by atoms with van der Waals surface area (Å²) in [5.41, 5.74) is 0.948. The summed E-state index contributed by atoms with van der Waals surface area (Å²) in [4.78, 5) is 0.317. The number of ether oxygens (including phenoxy) is 1. The number of aromatic nitrogens is 2. The van der Waals surface area contributed by atoms with Gasteiger partial charge in [0, 0.05) is 24.0 Å². The fraction of sp³-hybridized carbons (Fsp3) is 0.533. The molecule has 6 nitrogen and oxygen atoms in total. The van der Waals surface area contributed by atoms with Crippen LogP contribution in [0.15, 0.2) is 29.3 Å². The van der Waals surface area contributed by atoms with E-state index >= 15 is 0 Å². The second-order valence-corrected chi connectivity index (χ2v) is 7.83. The Morgan fingerprint density at radius 1 is 1.36 bits per heavy atom. The van der Waals surface area contributed by atoms with Crippen LogP contribution in [-0.4, -0.2) is 48.3 Å². The van der Waals surface area contributed by atoms with E-state index in [1.54, 1.807) is 18.3 Å². The maximum absolute atomic E-state index is 12.8. The Labute approximate surface area is 130 Å². The van der Waals surface area contributed by atoms with Gasteiger partial charge in [-0.1, -0.05) is 0 Å². The summed E-state index contributed by atoms with van der Waals surface area (Å²) in [5, 5.41) is 5.18. The number of sulfonamides is 1. The van der Waals surface area contributed by atoms with Crippen LogP contribution in [0.25, 0.3) is 10.9 Å². The molecule has 0 bridgehead atoms. The summed E-state index contributed by atoms with van der Waals surface area (Å²) in [7, 11) is -3.50. The molecule has 0 saturated carbocycles. The standard InChI is InChI=1S/C15H21N3O3S/c1-11(2)18-15-5-4-14(8-13(15)9-16-18)22(19,20)17-6-7-21-10-12(17)3/h4-5,8-9,11-12H,6-7,10H2,1-3H3/t12-/m1/s1. The number of hydrogen-bond donors (Lipinski definition) is 0. The predicted octanol–water partition coefficient (Wildman–Crippen LogP) is 2.03. The van der Waals surface area contributed by atoms with Crippen LogP contribution >= 0.6 is 0 Å². The van der Waals surface area contributed by atoms with Gasteiger partial charge in [0.15, 0.2) is 0 Å². The zero-order chi connectivity index (χ0) is 15.9. The predicted molar refractivity (Wildman–Crippen MR) is 84.3 cm³/mol. The number of morpholine rings is 1. The lowest BCUT2D eigenvalue weighted by atomic mass is 10.2. The van der Waals surface area contributed by atoms with Crippen molar-refractivity contribution >= 4 is 20.9 Å². The van der Waals surface area contributed by atoms with Gasteiger partial charge in [-0.2, -0.15) is 9.40 Å². The van der Waals surface area contributed by atoms with Crippen molar-refractivity contribution in [1.29, 1.82) is 0 Å². The first kappa shape index (κ1) is 15.5. The molecule has 0 N–H and O–H groups in total. The molecular formula is C15H21N3O3S. The Kier molecular flexibility index (Phi) is 3.96. The van der Waals surface area contributed by atoms with Gasteiger partial charge in [0.25, 0.3) is 0 Å². The van der Waals surface area contributed by atoms with Crippen molar-refractivity contribution in [3.8, 4) is 0 Å². The zero-order valence-corrected chi connectivity index (χ0v) is 13.9. The summed E-state index contributed by atoms with van der Waals surface area (Å²) in [6, 6.07) is 5.30. The average molecular weight is 323 g/mol. The smallest absolute Gasteiger partial charge is 0.243 e. The van der Waals surface area contributed by atoms with Gasteiger partial charge in [-0.3, -0.25) is 4.68 Å². The van der Waals surface area contributed by atoms with Gasteiger partial charge in [-0.15, -0.1) is 0 Å². The molecule has 1 fully saturated rings.